The smallest absolute Gasteiger partial charge is 0.339 e. The summed E-state index contributed by atoms with van der Waals surface area (Å²) < 4.78 is 35.8. The fourth-order valence-corrected chi connectivity index (χ4v) is 2.27. The summed E-state index contributed by atoms with van der Waals surface area (Å²) in [4.78, 5) is 15.7. The first-order chi connectivity index (χ1) is 8.94. The number of hydrogen-bond donors (Lipinski definition) is 1. The average molecular weight is 279 g/mol. The normalized spacial score (nSPS) is 21.7. The van der Waals surface area contributed by atoms with Crippen LogP contribution in [0.3, 0.4) is 0 Å². The van der Waals surface area contributed by atoms with Crippen molar-refractivity contribution < 1.29 is 18.0 Å². The third-order valence-electron chi connectivity index (χ3n) is 3.54. The fourth-order valence-electron chi connectivity index (χ4n) is 2.27. The van der Waals surface area contributed by atoms with Gasteiger partial charge < -0.3 is 10.2 Å². The number of nitrogens with zero attached hydrogens (tertiary/aromatic N) is 2. The van der Waals surface area contributed by atoms with Crippen LogP contribution in [0.1, 0.15) is 12.8 Å². The predicted molar refractivity (Wildman–Crippen MR) is 64.7 cm³/mol. The number of halogens is 3. The maximum Gasteiger partial charge on any atom is 0.401 e. The van der Waals surface area contributed by atoms with E-state index in [4.69, 9.17) is 0 Å². The quantitative estimate of drug-likeness (QED) is 0.804. The zero-order valence-electron chi connectivity index (χ0n) is 10.9. The summed E-state index contributed by atoms with van der Waals surface area (Å²) in [6.07, 6.45) is -1.65. The molecule has 2 rings (SSSR count). The van der Waals surface area contributed by atoms with Crippen molar-refractivity contribution in [3.05, 3.63) is 0 Å². The fraction of sp³-hybridized carbons (Fsp3) is 0.917. The second-order valence-electron chi connectivity index (χ2n) is 5.34. The van der Waals surface area contributed by atoms with E-state index in [9.17, 15) is 18.0 Å². The van der Waals surface area contributed by atoms with Crippen molar-refractivity contribution in [1.82, 2.24) is 15.1 Å². The van der Waals surface area contributed by atoms with Crippen LogP contribution >= 0.6 is 0 Å². The number of carbonyl (C=O) groups is 1. The summed E-state index contributed by atoms with van der Waals surface area (Å²) in [6.45, 7) is 2.68. The number of carbonyl (C=O) groups excluding carboxylic acids is 1. The minimum absolute atomic E-state index is 0.234. The molecule has 2 aliphatic rings. The summed E-state index contributed by atoms with van der Waals surface area (Å²) in [7, 11) is 0. The van der Waals surface area contributed by atoms with Crippen LogP contribution < -0.4 is 5.32 Å². The zero-order valence-corrected chi connectivity index (χ0v) is 10.9. The minimum Gasteiger partial charge on any atom is -0.339 e. The van der Waals surface area contributed by atoms with Crippen molar-refractivity contribution in [2.24, 2.45) is 5.92 Å². The first-order valence-electron chi connectivity index (χ1n) is 6.71. The van der Waals surface area contributed by atoms with E-state index in [0.717, 1.165) is 25.6 Å². The van der Waals surface area contributed by atoms with Crippen LogP contribution in [0, 0.1) is 5.92 Å². The SMILES string of the molecule is O=C(CNCC(F)(F)F)N1CCN(CC2CC2)CC1. The maximum atomic E-state index is 11.9. The van der Waals surface area contributed by atoms with E-state index in [1.165, 1.54) is 12.8 Å². The van der Waals surface area contributed by atoms with Gasteiger partial charge in [-0.25, -0.2) is 0 Å². The van der Waals surface area contributed by atoms with Crippen LogP contribution in [-0.2, 0) is 4.79 Å². The topological polar surface area (TPSA) is 35.6 Å². The van der Waals surface area contributed by atoms with E-state index >= 15 is 0 Å². The number of nitrogens with one attached hydrogen (secondary N) is 1. The molecule has 1 amide bonds. The van der Waals surface area contributed by atoms with Gasteiger partial charge >= 0.3 is 6.18 Å². The molecule has 110 valence electrons. The molecule has 2 fully saturated rings. The largest absolute Gasteiger partial charge is 0.401 e. The molecule has 0 aromatic heterocycles. The highest BCUT2D eigenvalue weighted by molar-refractivity contribution is 5.78. The van der Waals surface area contributed by atoms with Gasteiger partial charge in [-0.15, -0.1) is 0 Å². The highest BCUT2D eigenvalue weighted by Crippen LogP contribution is 2.29. The molecule has 0 bridgehead atoms. The van der Waals surface area contributed by atoms with Gasteiger partial charge in [0, 0.05) is 32.7 Å². The lowest BCUT2D eigenvalue weighted by Gasteiger charge is -2.34. The second-order valence-corrected chi connectivity index (χ2v) is 5.34. The lowest BCUT2D eigenvalue weighted by Crippen LogP contribution is -2.51. The molecule has 0 aromatic carbocycles. The Morgan fingerprint density at radius 3 is 2.32 bits per heavy atom. The molecule has 19 heavy (non-hydrogen) atoms. The first kappa shape index (κ1) is 14.6. The van der Waals surface area contributed by atoms with Gasteiger partial charge in [-0.05, 0) is 18.8 Å². The van der Waals surface area contributed by atoms with E-state index in [1.807, 2.05) is 0 Å². The first-order valence-corrected chi connectivity index (χ1v) is 6.71. The Bertz CT molecular complexity index is 310. The Morgan fingerprint density at radius 2 is 1.79 bits per heavy atom. The van der Waals surface area contributed by atoms with Crippen LogP contribution in [0.4, 0.5) is 13.2 Å². The Balaban J connectivity index is 1.61. The summed E-state index contributed by atoms with van der Waals surface area (Å²) in [5.74, 6) is 0.589. The van der Waals surface area contributed by atoms with Crippen molar-refractivity contribution in [3.63, 3.8) is 0 Å². The molecular formula is C12H20F3N3O. The number of amides is 1. The monoisotopic (exact) mass is 279 g/mol. The molecule has 0 unspecified atom stereocenters. The summed E-state index contributed by atoms with van der Waals surface area (Å²) in [6, 6.07) is 0. The van der Waals surface area contributed by atoms with Crippen molar-refractivity contribution >= 4 is 5.91 Å². The summed E-state index contributed by atoms with van der Waals surface area (Å²) >= 11 is 0. The number of alkyl halides is 3. The van der Waals surface area contributed by atoms with Gasteiger partial charge in [-0.2, -0.15) is 13.2 Å². The van der Waals surface area contributed by atoms with Crippen LogP contribution in [0.15, 0.2) is 0 Å². The standard InChI is InChI=1S/C12H20F3N3O/c13-12(14,15)9-16-7-11(19)18-5-3-17(4-6-18)8-10-1-2-10/h10,16H,1-9H2. The van der Waals surface area contributed by atoms with Crippen LogP contribution in [-0.4, -0.2) is 67.7 Å². The van der Waals surface area contributed by atoms with Gasteiger partial charge in [-0.1, -0.05) is 0 Å². The molecule has 0 spiro atoms. The summed E-state index contributed by atoms with van der Waals surface area (Å²) in [5, 5.41) is 2.15. The Labute approximate surface area is 110 Å². The Morgan fingerprint density at radius 1 is 1.16 bits per heavy atom. The van der Waals surface area contributed by atoms with Gasteiger partial charge in [0.2, 0.25) is 5.91 Å². The maximum absolute atomic E-state index is 11.9. The molecule has 7 heteroatoms. The zero-order chi connectivity index (χ0) is 13.9. The van der Waals surface area contributed by atoms with Gasteiger partial charge in [0.1, 0.15) is 0 Å². The van der Waals surface area contributed by atoms with Crippen molar-refractivity contribution in [3.8, 4) is 0 Å². The molecule has 0 atom stereocenters. The lowest BCUT2D eigenvalue weighted by molar-refractivity contribution is -0.135. The lowest BCUT2D eigenvalue weighted by atomic mass is 10.2. The van der Waals surface area contributed by atoms with E-state index in [2.05, 4.69) is 10.2 Å². The third kappa shape index (κ3) is 5.36. The van der Waals surface area contributed by atoms with E-state index in [1.54, 1.807) is 4.90 Å². The van der Waals surface area contributed by atoms with Gasteiger partial charge in [-0.3, -0.25) is 9.69 Å². The molecule has 1 saturated heterocycles. The molecule has 1 N–H and O–H groups in total. The van der Waals surface area contributed by atoms with Crippen molar-refractivity contribution in [2.75, 3.05) is 45.8 Å². The average Bonchev–Trinajstić information content (AvgIpc) is 3.12. The van der Waals surface area contributed by atoms with E-state index < -0.39 is 12.7 Å². The predicted octanol–water partition coefficient (Wildman–Crippen LogP) is 0.693. The van der Waals surface area contributed by atoms with E-state index in [-0.39, 0.29) is 12.5 Å². The van der Waals surface area contributed by atoms with Gasteiger partial charge in [0.05, 0.1) is 13.1 Å². The highest BCUT2D eigenvalue weighted by atomic mass is 19.4. The Hall–Kier alpha value is -0.820. The second kappa shape index (κ2) is 6.09. The molecule has 4 nitrogen and oxygen atoms in total. The number of rotatable bonds is 5. The highest BCUT2D eigenvalue weighted by Gasteiger charge is 2.29. The van der Waals surface area contributed by atoms with E-state index in [0.29, 0.717) is 13.1 Å². The van der Waals surface area contributed by atoms with Crippen LogP contribution in [0.2, 0.25) is 0 Å². The van der Waals surface area contributed by atoms with Crippen LogP contribution in [0.5, 0.6) is 0 Å². The van der Waals surface area contributed by atoms with Gasteiger partial charge in [0.25, 0.3) is 0 Å². The molecule has 1 saturated carbocycles. The number of hydrogen-bond acceptors (Lipinski definition) is 3. The molecule has 1 aliphatic carbocycles. The molecule has 1 heterocycles. The summed E-state index contributed by atoms with van der Waals surface area (Å²) in [5.41, 5.74) is 0. The molecule has 1 aliphatic heterocycles. The third-order valence-corrected chi connectivity index (χ3v) is 3.54. The number of piperazine rings is 1. The molecule has 0 radical (unpaired) electrons. The molecular weight excluding hydrogens is 259 g/mol. The Kier molecular flexibility index (Phi) is 4.67. The van der Waals surface area contributed by atoms with Crippen molar-refractivity contribution in [1.29, 1.82) is 0 Å². The van der Waals surface area contributed by atoms with Crippen LogP contribution in [0.25, 0.3) is 0 Å². The van der Waals surface area contributed by atoms with Gasteiger partial charge in [0.15, 0.2) is 0 Å². The minimum atomic E-state index is -4.26. The molecule has 0 aromatic rings. The van der Waals surface area contributed by atoms with Crippen molar-refractivity contribution in [2.45, 2.75) is 19.0 Å².